The monoisotopic (exact) mass is 234 g/mol. The molecule has 3 N–H and O–H groups in total. The Morgan fingerprint density at radius 1 is 1.79 bits per heavy atom. The SMILES string of the molecule is CSCC[C@@H](N)C(=O)NC1CCSC1. The van der Waals surface area contributed by atoms with Crippen molar-refractivity contribution in [3.05, 3.63) is 0 Å². The second kappa shape index (κ2) is 6.58. The van der Waals surface area contributed by atoms with Crippen LogP contribution in [0, 0.1) is 0 Å². The van der Waals surface area contributed by atoms with Gasteiger partial charge in [0.15, 0.2) is 0 Å². The molecule has 1 amide bonds. The van der Waals surface area contributed by atoms with E-state index >= 15 is 0 Å². The highest BCUT2D eigenvalue weighted by Crippen LogP contribution is 2.17. The topological polar surface area (TPSA) is 55.1 Å². The molecule has 1 aliphatic heterocycles. The second-order valence-corrected chi connectivity index (χ2v) is 5.59. The third-order valence-corrected chi connectivity index (χ3v) is 4.05. The van der Waals surface area contributed by atoms with E-state index in [1.165, 1.54) is 0 Å². The number of carbonyl (C=O) groups excluding carboxylic acids is 1. The summed E-state index contributed by atoms with van der Waals surface area (Å²) < 4.78 is 0. The van der Waals surface area contributed by atoms with Crippen LogP contribution < -0.4 is 11.1 Å². The summed E-state index contributed by atoms with van der Waals surface area (Å²) in [6.07, 6.45) is 3.89. The molecule has 0 aromatic rings. The molecule has 1 saturated heterocycles. The summed E-state index contributed by atoms with van der Waals surface area (Å²) in [5.74, 6) is 3.17. The average Bonchev–Trinajstić information content (AvgIpc) is 2.66. The van der Waals surface area contributed by atoms with Crippen molar-refractivity contribution in [3.8, 4) is 0 Å². The molecule has 1 aliphatic rings. The summed E-state index contributed by atoms with van der Waals surface area (Å²) in [6, 6.07) is 0.0286. The second-order valence-electron chi connectivity index (χ2n) is 3.46. The van der Waals surface area contributed by atoms with Gasteiger partial charge in [-0.05, 0) is 30.6 Å². The van der Waals surface area contributed by atoms with E-state index in [0.29, 0.717) is 6.04 Å². The Balaban J connectivity index is 2.18. The fourth-order valence-corrected chi connectivity index (χ4v) is 2.97. The number of thioether (sulfide) groups is 2. The van der Waals surface area contributed by atoms with Crippen molar-refractivity contribution in [1.82, 2.24) is 5.32 Å². The van der Waals surface area contributed by atoms with Gasteiger partial charge >= 0.3 is 0 Å². The van der Waals surface area contributed by atoms with E-state index in [1.54, 1.807) is 11.8 Å². The van der Waals surface area contributed by atoms with E-state index in [2.05, 4.69) is 5.32 Å². The van der Waals surface area contributed by atoms with Crippen LogP contribution in [-0.4, -0.2) is 41.5 Å². The van der Waals surface area contributed by atoms with Gasteiger partial charge in [0.1, 0.15) is 0 Å². The summed E-state index contributed by atoms with van der Waals surface area (Å²) in [4.78, 5) is 11.6. The summed E-state index contributed by atoms with van der Waals surface area (Å²) in [7, 11) is 0. The van der Waals surface area contributed by atoms with Crippen LogP contribution in [0.1, 0.15) is 12.8 Å². The van der Waals surface area contributed by atoms with Gasteiger partial charge in [0.25, 0.3) is 0 Å². The molecule has 1 fully saturated rings. The number of hydrogen-bond acceptors (Lipinski definition) is 4. The molecule has 3 nitrogen and oxygen atoms in total. The molecule has 1 rings (SSSR count). The van der Waals surface area contributed by atoms with Crippen LogP contribution in [0.2, 0.25) is 0 Å². The normalized spacial score (nSPS) is 23.4. The van der Waals surface area contributed by atoms with Crippen LogP contribution in [0.5, 0.6) is 0 Å². The number of nitrogens with two attached hydrogens (primary N) is 1. The van der Waals surface area contributed by atoms with E-state index < -0.39 is 0 Å². The number of carbonyl (C=O) groups is 1. The number of amides is 1. The van der Waals surface area contributed by atoms with Crippen LogP contribution in [-0.2, 0) is 4.79 Å². The van der Waals surface area contributed by atoms with Gasteiger partial charge in [-0.1, -0.05) is 0 Å². The molecule has 1 heterocycles. The molecule has 5 heteroatoms. The zero-order valence-corrected chi connectivity index (χ0v) is 10.1. The van der Waals surface area contributed by atoms with Crippen molar-refractivity contribution in [2.75, 3.05) is 23.5 Å². The van der Waals surface area contributed by atoms with Gasteiger partial charge in [-0.15, -0.1) is 0 Å². The molecule has 82 valence electrons. The van der Waals surface area contributed by atoms with Gasteiger partial charge < -0.3 is 11.1 Å². The lowest BCUT2D eigenvalue weighted by atomic mass is 10.2. The summed E-state index contributed by atoms with van der Waals surface area (Å²) in [5, 5.41) is 2.99. The Labute approximate surface area is 94.0 Å². The smallest absolute Gasteiger partial charge is 0.237 e. The maximum Gasteiger partial charge on any atom is 0.237 e. The predicted molar refractivity (Wildman–Crippen MR) is 64.8 cm³/mol. The van der Waals surface area contributed by atoms with Crippen molar-refractivity contribution in [1.29, 1.82) is 0 Å². The minimum Gasteiger partial charge on any atom is -0.351 e. The van der Waals surface area contributed by atoms with Gasteiger partial charge in [-0.3, -0.25) is 4.79 Å². The van der Waals surface area contributed by atoms with Crippen molar-refractivity contribution in [2.45, 2.75) is 24.9 Å². The lowest BCUT2D eigenvalue weighted by Crippen LogP contribution is -2.45. The Kier molecular flexibility index (Phi) is 5.74. The first-order chi connectivity index (χ1) is 6.74. The van der Waals surface area contributed by atoms with E-state index in [0.717, 1.165) is 30.1 Å². The zero-order valence-electron chi connectivity index (χ0n) is 8.49. The highest BCUT2D eigenvalue weighted by molar-refractivity contribution is 7.99. The standard InChI is InChI=1S/C9H18N2OS2/c1-13-4-3-8(10)9(12)11-7-2-5-14-6-7/h7-8H,2-6,10H2,1H3,(H,11,12)/t7?,8-/m1/s1. The fraction of sp³-hybridized carbons (Fsp3) is 0.889. The van der Waals surface area contributed by atoms with E-state index in [9.17, 15) is 4.79 Å². The maximum absolute atomic E-state index is 11.6. The molecule has 0 aromatic carbocycles. The molecular weight excluding hydrogens is 216 g/mol. The first-order valence-electron chi connectivity index (χ1n) is 4.86. The van der Waals surface area contributed by atoms with Gasteiger partial charge in [-0.25, -0.2) is 0 Å². The van der Waals surface area contributed by atoms with Crippen molar-refractivity contribution in [3.63, 3.8) is 0 Å². The molecule has 0 aliphatic carbocycles. The summed E-state index contributed by atoms with van der Waals surface area (Å²) in [5.41, 5.74) is 5.75. The first-order valence-corrected chi connectivity index (χ1v) is 7.41. The molecule has 2 atom stereocenters. The van der Waals surface area contributed by atoms with Gasteiger partial charge in [-0.2, -0.15) is 23.5 Å². The quantitative estimate of drug-likeness (QED) is 0.735. The highest BCUT2D eigenvalue weighted by Gasteiger charge is 2.20. The van der Waals surface area contributed by atoms with Gasteiger partial charge in [0.05, 0.1) is 6.04 Å². The Bertz CT molecular complexity index is 184. The molecule has 0 saturated carbocycles. The third kappa shape index (κ3) is 4.11. The highest BCUT2D eigenvalue weighted by atomic mass is 32.2. The molecule has 0 spiro atoms. The molecule has 1 unspecified atom stereocenters. The van der Waals surface area contributed by atoms with Crippen LogP contribution >= 0.6 is 23.5 Å². The van der Waals surface area contributed by atoms with Crippen LogP contribution in [0.3, 0.4) is 0 Å². The van der Waals surface area contributed by atoms with Crippen molar-refractivity contribution in [2.24, 2.45) is 5.73 Å². The average molecular weight is 234 g/mol. The summed E-state index contributed by atoms with van der Waals surface area (Å²) >= 11 is 3.62. The zero-order chi connectivity index (χ0) is 10.4. The number of nitrogens with one attached hydrogen (secondary N) is 1. The van der Waals surface area contributed by atoms with Crippen LogP contribution in [0.4, 0.5) is 0 Å². The summed E-state index contributed by atoms with van der Waals surface area (Å²) in [6.45, 7) is 0. The van der Waals surface area contributed by atoms with E-state index in [-0.39, 0.29) is 11.9 Å². The number of rotatable bonds is 5. The third-order valence-electron chi connectivity index (χ3n) is 2.25. The van der Waals surface area contributed by atoms with E-state index in [1.807, 2.05) is 18.0 Å². The number of hydrogen-bond donors (Lipinski definition) is 2. The fourth-order valence-electron chi connectivity index (χ4n) is 1.33. The lowest BCUT2D eigenvalue weighted by molar-refractivity contribution is -0.122. The Morgan fingerprint density at radius 3 is 3.14 bits per heavy atom. The van der Waals surface area contributed by atoms with Crippen LogP contribution in [0.25, 0.3) is 0 Å². The van der Waals surface area contributed by atoms with Gasteiger partial charge in [0.2, 0.25) is 5.91 Å². The molecule has 14 heavy (non-hydrogen) atoms. The minimum absolute atomic E-state index is 0.0200. The molecule has 0 radical (unpaired) electrons. The van der Waals surface area contributed by atoms with E-state index in [4.69, 9.17) is 5.73 Å². The molecular formula is C9H18N2OS2. The lowest BCUT2D eigenvalue weighted by Gasteiger charge is -2.15. The molecule has 0 aromatic heterocycles. The van der Waals surface area contributed by atoms with Crippen molar-refractivity contribution >= 4 is 29.4 Å². The van der Waals surface area contributed by atoms with Gasteiger partial charge in [0, 0.05) is 11.8 Å². The predicted octanol–water partition coefficient (Wildman–Crippen LogP) is 0.688. The Hall–Kier alpha value is 0.130. The Morgan fingerprint density at radius 2 is 2.57 bits per heavy atom. The first kappa shape index (κ1) is 12.2. The van der Waals surface area contributed by atoms with Crippen molar-refractivity contribution < 1.29 is 4.79 Å². The minimum atomic E-state index is -0.326. The van der Waals surface area contributed by atoms with Crippen LogP contribution in [0.15, 0.2) is 0 Å². The molecule has 0 bridgehead atoms. The maximum atomic E-state index is 11.6. The largest absolute Gasteiger partial charge is 0.351 e.